The van der Waals surface area contributed by atoms with Crippen LogP contribution in [0.15, 0.2) is 22.7 Å². The van der Waals surface area contributed by atoms with Crippen LogP contribution in [-0.4, -0.2) is 25.2 Å². The van der Waals surface area contributed by atoms with E-state index in [1.165, 1.54) is 12.1 Å². The first-order chi connectivity index (χ1) is 8.06. The lowest BCUT2D eigenvalue weighted by Gasteiger charge is -2.20. The molecular formula is C13H18BrClN2. The summed E-state index contributed by atoms with van der Waals surface area (Å²) in [4.78, 5) is 2.40. The normalized spacial score (nSPS) is 20.3. The fraction of sp³-hybridized carbons (Fsp3) is 0.538. The van der Waals surface area contributed by atoms with E-state index in [0.717, 1.165) is 22.6 Å². The third-order valence-corrected chi connectivity index (χ3v) is 4.24. The van der Waals surface area contributed by atoms with Gasteiger partial charge in [-0.25, -0.2) is 0 Å². The Bertz CT molecular complexity index is 395. The standard InChI is InChI=1S/C13H18BrClN2/c1-9(2)16-10-5-6-17(8-10)11-3-4-13(15)12(14)7-11/h3-4,7,9-10,16H,5-6,8H2,1-2H3. The van der Waals surface area contributed by atoms with Gasteiger partial charge in [-0.2, -0.15) is 0 Å². The molecule has 1 aliphatic heterocycles. The van der Waals surface area contributed by atoms with E-state index in [9.17, 15) is 0 Å². The first-order valence-corrected chi connectivity index (χ1v) is 7.19. The maximum Gasteiger partial charge on any atom is 0.0549 e. The molecule has 94 valence electrons. The average molecular weight is 318 g/mol. The van der Waals surface area contributed by atoms with Crippen molar-refractivity contribution in [1.29, 1.82) is 0 Å². The van der Waals surface area contributed by atoms with E-state index in [2.05, 4.69) is 52.1 Å². The van der Waals surface area contributed by atoms with E-state index in [4.69, 9.17) is 11.6 Å². The second kappa shape index (κ2) is 5.59. The Kier molecular flexibility index (Phi) is 4.34. The molecule has 0 bridgehead atoms. The lowest BCUT2D eigenvalue weighted by atomic mass is 10.2. The van der Waals surface area contributed by atoms with Crippen molar-refractivity contribution >= 4 is 33.2 Å². The molecule has 4 heteroatoms. The molecule has 2 rings (SSSR count). The quantitative estimate of drug-likeness (QED) is 0.915. The molecule has 1 saturated heterocycles. The number of hydrogen-bond acceptors (Lipinski definition) is 2. The highest BCUT2D eigenvalue weighted by Crippen LogP contribution is 2.29. The molecule has 1 aromatic carbocycles. The number of nitrogens with zero attached hydrogens (tertiary/aromatic N) is 1. The van der Waals surface area contributed by atoms with Crippen molar-refractivity contribution in [3.63, 3.8) is 0 Å². The first kappa shape index (κ1) is 13.2. The third kappa shape index (κ3) is 3.36. The van der Waals surface area contributed by atoms with Gasteiger partial charge in [0.05, 0.1) is 5.02 Å². The van der Waals surface area contributed by atoms with Gasteiger partial charge < -0.3 is 10.2 Å². The van der Waals surface area contributed by atoms with Crippen molar-refractivity contribution in [1.82, 2.24) is 5.32 Å². The Labute approximate surface area is 116 Å². The smallest absolute Gasteiger partial charge is 0.0549 e. The van der Waals surface area contributed by atoms with Crippen LogP contribution in [-0.2, 0) is 0 Å². The molecule has 1 N–H and O–H groups in total. The van der Waals surface area contributed by atoms with Gasteiger partial charge in [0.2, 0.25) is 0 Å². The summed E-state index contributed by atoms with van der Waals surface area (Å²) in [5.41, 5.74) is 1.24. The average Bonchev–Trinajstić information content (AvgIpc) is 2.69. The maximum atomic E-state index is 6.01. The van der Waals surface area contributed by atoms with Gasteiger partial charge in [-0.05, 0) is 40.5 Å². The minimum Gasteiger partial charge on any atom is -0.370 e. The van der Waals surface area contributed by atoms with Crippen LogP contribution in [0.3, 0.4) is 0 Å². The van der Waals surface area contributed by atoms with Gasteiger partial charge in [0.25, 0.3) is 0 Å². The first-order valence-electron chi connectivity index (χ1n) is 6.02. The zero-order valence-corrected chi connectivity index (χ0v) is 12.6. The fourth-order valence-electron chi connectivity index (χ4n) is 2.28. The molecule has 0 radical (unpaired) electrons. The summed E-state index contributed by atoms with van der Waals surface area (Å²) < 4.78 is 0.969. The van der Waals surface area contributed by atoms with Gasteiger partial charge in [0, 0.05) is 35.3 Å². The predicted molar refractivity (Wildman–Crippen MR) is 78.0 cm³/mol. The van der Waals surface area contributed by atoms with Crippen LogP contribution in [0.25, 0.3) is 0 Å². The monoisotopic (exact) mass is 316 g/mol. The largest absolute Gasteiger partial charge is 0.370 e. The molecule has 0 spiro atoms. The molecule has 17 heavy (non-hydrogen) atoms. The van der Waals surface area contributed by atoms with Crippen LogP contribution in [0.2, 0.25) is 5.02 Å². The number of benzene rings is 1. The maximum absolute atomic E-state index is 6.01. The SMILES string of the molecule is CC(C)NC1CCN(c2ccc(Cl)c(Br)c2)C1. The Morgan fingerprint density at radius 3 is 2.88 bits per heavy atom. The number of anilines is 1. The van der Waals surface area contributed by atoms with Gasteiger partial charge in [0.1, 0.15) is 0 Å². The zero-order chi connectivity index (χ0) is 12.4. The fourth-order valence-corrected chi connectivity index (χ4v) is 2.77. The Morgan fingerprint density at radius 2 is 2.24 bits per heavy atom. The summed E-state index contributed by atoms with van der Waals surface area (Å²) >= 11 is 9.48. The van der Waals surface area contributed by atoms with Crippen LogP contribution in [0.4, 0.5) is 5.69 Å². The van der Waals surface area contributed by atoms with Crippen LogP contribution >= 0.6 is 27.5 Å². The summed E-state index contributed by atoms with van der Waals surface area (Å²) in [5, 5.41) is 4.36. The second-order valence-electron chi connectivity index (χ2n) is 4.85. The summed E-state index contributed by atoms with van der Waals surface area (Å²) in [7, 11) is 0. The highest BCUT2D eigenvalue weighted by molar-refractivity contribution is 9.10. The van der Waals surface area contributed by atoms with Crippen molar-refractivity contribution in [2.75, 3.05) is 18.0 Å². The summed E-state index contributed by atoms with van der Waals surface area (Å²) in [5.74, 6) is 0. The van der Waals surface area contributed by atoms with E-state index < -0.39 is 0 Å². The summed E-state index contributed by atoms with van der Waals surface area (Å²) in [6.07, 6.45) is 1.21. The van der Waals surface area contributed by atoms with Crippen LogP contribution in [0.1, 0.15) is 20.3 Å². The second-order valence-corrected chi connectivity index (χ2v) is 6.11. The van der Waals surface area contributed by atoms with E-state index in [1.54, 1.807) is 0 Å². The van der Waals surface area contributed by atoms with Crippen molar-refractivity contribution in [3.8, 4) is 0 Å². The van der Waals surface area contributed by atoms with E-state index >= 15 is 0 Å². The minimum atomic E-state index is 0.553. The van der Waals surface area contributed by atoms with E-state index in [-0.39, 0.29) is 0 Å². The molecule has 0 amide bonds. The lowest BCUT2D eigenvalue weighted by molar-refractivity contribution is 0.492. The van der Waals surface area contributed by atoms with Gasteiger partial charge in [0.15, 0.2) is 0 Å². The molecule has 1 aromatic rings. The molecule has 0 saturated carbocycles. The van der Waals surface area contributed by atoms with E-state index in [1.807, 2.05) is 6.07 Å². The minimum absolute atomic E-state index is 0.553. The van der Waals surface area contributed by atoms with Gasteiger partial charge >= 0.3 is 0 Å². The van der Waals surface area contributed by atoms with Gasteiger partial charge in [-0.15, -0.1) is 0 Å². The lowest BCUT2D eigenvalue weighted by Crippen LogP contribution is -2.37. The van der Waals surface area contributed by atoms with Crippen molar-refractivity contribution in [2.24, 2.45) is 0 Å². The molecule has 0 aromatic heterocycles. The van der Waals surface area contributed by atoms with Gasteiger partial charge in [-0.1, -0.05) is 25.4 Å². The molecule has 1 atom stereocenters. The summed E-state index contributed by atoms with van der Waals surface area (Å²) in [6, 6.07) is 7.29. The summed E-state index contributed by atoms with van der Waals surface area (Å²) in [6.45, 7) is 6.58. The van der Waals surface area contributed by atoms with Crippen LogP contribution < -0.4 is 10.2 Å². The third-order valence-electron chi connectivity index (χ3n) is 3.03. The van der Waals surface area contributed by atoms with Crippen LogP contribution in [0.5, 0.6) is 0 Å². The molecule has 1 aliphatic rings. The molecule has 1 fully saturated rings. The number of nitrogens with one attached hydrogen (secondary N) is 1. The molecule has 1 unspecified atom stereocenters. The van der Waals surface area contributed by atoms with E-state index in [0.29, 0.717) is 12.1 Å². The zero-order valence-electron chi connectivity index (χ0n) is 10.2. The highest BCUT2D eigenvalue weighted by Gasteiger charge is 2.23. The Morgan fingerprint density at radius 1 is 1.47 bits per heavy atom. The van der Waals surface area contributed by atoms with Crippen LogP contribution in [0, 0.1) is 0 Å². The molecule has 2 nitrogen and oxygen atoms in total. The highest BCUT2D eigenvalue weighted by atomic mass is 79.9. The molecule has 1 heterocycles. The van der Waals surface area contributed by atoms with Crippen molar-refractivity contribution in [2.45, 2.75) is 32.4 Å². The topological polar surface area (TPSA) is 15.3 Å². The number of rotatable bonds is 3. The Hall–Kier alpha value is -0.250. The number of hydrogen-bond donors (Lipinski definition) is 1. The van der Waals surface area contributed by atoms with Crippen molar-refractivity contribution in [3.05, 3.63) is 27.7 Å². The van der Waals surface area contributed by atoms with Crippen molar-refractivity contribution < 1.29 is 0 Å². The predicted octanol–water partition coefficient (Wildman–Crippen LogP) is 3.68. The molecule has 0 aliphatic carbocycles. The molecular weight excluding hydrogens is 300 g/mol. The van der Waals surface area contributed by atoms with Gasteiger partial charge in [-0.3, -0.25) is 0 Å². The Balaban J connectivity index is 2.02. The number of halogens is 2.